The molecule has 3 heterocycles. The molecule has 1 atom stereocenters. The van der Waals surface area contributed by atoms with Crippen LogP contribution in [0.3, 0.4) is 0 Å². The number of rotatable bonds is 4. The topological polar surface area (TPSA) is 63.4 Å². The van der Waals surface area contributed by atoms with Gasteiger partial charge in [0.25, 0.3) is 0 Å². The number of carbonyl (C=O) groups excluding carboxylic acids is 1. The molecule has 1 aliphatic heterocycles. The number of carbonyl (C=O) groups is 1. The van der Waals surface area contributed by atoms with Crippen LogP contribution in [0.5, 0.6) is 0 Å². The molecular weight excluding hydrogens is 334 g/mol. The van der Waals surface area contributed by atoms with E-state index < -0.39 is 0 Å². The fourth-order valence-corrected chi connectivity index (χ4v) is 4.25. The zero-order valence-electron chi connectivity index (χ0n) is 14.6. The number of aromatic nitrogens is 4. The zero-order chi connectivity index (χ0) is 17.6. The van der Waals surface area contributed by atoms with Gasteiger partial charge in [-0.3, -0.25) is 4.79 Å². The van der Waals surface area contributed by atoms with Crippen molar-refractivity contribution in [2.45, 2.75) is 52.0 Å². The predicted octanol–water partition coefficient (Wildman–Crippen LogP) is 3.22. The molecule has 3 aromatic rings. The summed E-state index contributed by atoms with van der Waals surface area (Å²) in [5.74, 6) is 1.30. The summed E-state index contributed by atoms with van der Waals surface area (Å²) in [6.45, 7) is 6.26. The van der Waals surface area contributed by atoms with Gasteiger partial charge in [-0.25, -0.2) is 0 Å². The van der Waals surface area contributed by atoms with Crippen LogP contribution in [-0.4, -0.2) is 31.8 Å². The minimum Gasteiger partial charge on any atom is -0.309 e. The van der Waals surface area contributed by atoms with Gasteiger partial charge in [-0.1, -0.05) is 43.4 Å². The largest absolute Gasteiger partial charge is 0.309 e. The van der Waals surface area contributed by atoms with Gasteiger partial charge < -0.3 is 4.90 Å². The lowest BCUT2D eigenvalue weighted by Crippen LogP contribution is -2.35. The average Bonchev–Trinajstić information content (AvgIpc) is 3.22. The highest BCUT2D eigenvalue weighted by Crippen LogP contribution is 2.32. The van der Waals surface area contributed by atoms with E-state index in [-0.39, 0.29) is 17.9 Å². The second kappa shape index (κ2) is 6.22. The molecule has 0 fully saturated rings. The van der Waals surface area contributed by atoms with Crippen molar-refractivity contribution < 1.29 is 4.79 Å². The number of aryl methyl sites for hydroxylation is 1. The van der Waals surface area contributed by atoms with Gasteiger partial charge in [0.2, 0.25) is 10.9 Å². The summed E-state index contributed by atoms with van der Waals surface area (Å²) in [4.78, 5) is 15.5. The first-order valence-corrected chi connectivity index (χ1v) is 9.47. The van der Waals surface area contributed by atoms with Crippen molar-refractivity contribution in [3.05, 3.63) is 40.7 Å². The van der Waals surface area contributed by atoms with Gasteiger partial charge in [-0.2, -0.15) is 9.61 Å². The lowest BCUT2D eigenvalue weighted by atomic mass is 10.1. The molecule has 25 heavy (non-hydrogen) atoms. The van der Waals surface area contributed by atoms with E-state index in [1.54, 1.807) is 0 Å². The highest BCUT2D eigenvalue weighted by Gasteiger charge is 2.30. The minimum atomic E-state index is 0.160. The SMILES string of the molecule is CC(C)c1nnc2sc(CCC(=O)N3c4ccccc4CC3C)nn12. The van der Waals surface area contributed by atoms with E-state index in [4.69, 9.17) is 0 Å². The van der Waals surface area contributed by atoms with E-state index in [9.17, 15) is 4.79 Å². The summed E-state index contributed by atoms with van der Waals surface area (Å²) >= 11 is 1.51. The summed E-state index contributed by atoms with van der Waals surface area (Å²) < 4.78 is 1.81. The average molecular weight is 355 g/mol. The van der Waals surface area contributed by atoms with Gasteiger partial charge in [-0.05, 0) is 25.0 Å². The van der Waals surface area contributed by atoms with Crippen LogP contribution in [0.1, 0.15) is 49.5 Å². The predicted molar refractivity (Wildman–Crippen MR) is 98.2 cm³/mol. The van der Waals surface area contributed by atoms with Crippen molar-refractivity contribution in [2.75, 3.05) is 4.90 Å². The van der Waals surface area contributed by atoms with E-state index in [0.29, 0.717) is 12.8 Å². The molecule has 1 unspecified atom stereocenters. The Morgan fingerprint density at radius 2 is 2.12 bits per heavy atom. The van der Waals surface area contributed by atoms with Gasteiger partial charge in [0.15, 0.2) is 5.82 Å². The molecule has 0 aliphatic carbocycles. The van der Waals surface area contributed by atoms with Crippen LogP contribution >= 0.6 is 11.3 Å². The normalized spacial score (nSPS) is 16.8. The maximum atomic E-state index is 12.8. The molecule has 4 rings (SSSR count). The Balaban J connectivity index is 1.49. The van der Waals surface area contributed by atoms with Gasteiger partial charge in [0.1, 0.15) is 5.01 Å². The summed E-state index contributed by atoms with van der Waals surface area (Å²) in [6, 6.07) is 8.39. The monoisotopic (exact) mass is 355 g/mol. The number of hydrogen-bond donors (Lipinski definition) is 0. The maximum Gasteiger partial charge on any atom is 0.234 e. The zero-order valence-corrected chi connectivity index (χ0v) is 15.5. The number of benzene rings is 1. The van der Waals surface area contributed by atoms with Gasteiger partial charge in [-0.15, -0.1) is 10.2 Å². The fraction of sp³-hybridized carbons (Fsp3) is 0.444. The molecular formula is C18H21N5OS. The lowest BCUT2D eigenvalue weighted by Gasteiger charge is -2.22. The van der Waals surface area contributed by atoms with Crippen LogP contribution < -0.4 is 4.90 Å². The highest BCUT2D eigenvalue weighted by atomic mass is 32.1. The smallest absolute Gasteiger partial charge is 0.234 e. The third-order valence-electron chi connectivity index (χ3n) is 4.60. The van der Waals surface area contributed by atoms with Crippen molar-refractivity contribution in [1.29, 1.82) is 0 Å². The Hall–Kier alpha value is -2.28. The van der Waals surface area contributed by atoms with Crippen LogP contribution in [0.15, 0.2) is 24.3 Å². The van der Waals surface area contributed by atoms with Crippen molar-refractivity contribution in [1.82, 2.24) is 19.8 Å². The molecule has 1 aliphatic rings. The molecule has 2 aromatic heterocycles. The Morgan fingerprint density at radius 3 is 2.92 bits per heavy atom. The highest BCUT2D eigenvalue weighted by molar-refractivity contribution is 7.16. The van der Waals surface area contributed by atoms with Crippen LogP contribution in [0.2, 0.25) is 0 Å². The maximum absolute atomic E-state index is 12.8. The summed E-state index contributed by atoms with van der Waals surface area (Å²) in [7, 11) is 0. The van der Waals surface area contributed by atoms with E-state index in [1.807, 2.05) is 27.6 Å². The molecule has 6 nitrogen and oxygen atoms in total. The van der Waals surface area contributed by atoms with Crippen molar-refractivity contribution in [3.63, 3.8) is 0 Å². The standard InChI is InChI=1S/C18H21N5OS/c1-11(2)17-19-20-18-23(17)21-15(25-18)8-9-16(24)22-12(3)10-13-6-4-5-7-14(13)22/h4-7,11-12H,8-10H2,1-3H3. The first-order valence-electron chi connectivity index (χ1n) is 8.65. The first kappa shape index (κ1) is 16.2. The van der Waals surface area contributed by atoms with Crippen molar-refractivity contribution >= 4 is 27.9 Å². The lowest BCUT2D eigenvalue weighted by molar-refractivity contribution is -0.118. The van der Waals surface area contributed by atoms with E-state index >= 15 is 0 Å². The number of anilines is 1. The third kappa shape index (κ3) is 2.82. The molecule has 0 bridgehead atoms. The summed E-state index contributed by atoms with van der Waals surface area (Å²) in [5.41, 5.74) is 2.31. The summed E-state index contributed by atoms with van der Waals surface area (Å²) in [5, 5.41) is 13.9. The first-order chi connectivity index (χ1) is 12.0. The number of fused-ring (bicyclic) bond motifs is 2. The molecule has 1 aromatic carbocycles. The van der Waals surface area contributed by atoms with E-state index in [0.717, 1.165) is 27.9 Å². The van der Waals surface area contributed by atoms with E-state index in [2.05, 4.69) is 42.1 Å². The van der Waals surface area contributed by atoms with Crippen molar-refractivity contribution in [3.8, 4) is 0 Å². The quantitative estimate of drug-likeness (QED) is 0.721. The Bertz CT molecular complexity index is 929. The number of para-hydroxylation sites is 1. The second-order valence-electron chi connectivity index (χ2n) is 6.85. The van der Waals surface area contributed by atoms with Gasteiger partial charge in [0, 0.05) is 30.5 Å². The molecule has 0 spiro atoms. The molecule has 0 radical (unpaired) electrons. The van der Waals surface area contributed by atoms with Crippen LogP contribution in [0, 0.1) is 0 Å². The molecule has 0 saturated carbocycles. The fourth-order valence-electron chi connectivity index (χ4n) is 3.41. The number of hydrogen-bond acceptors (Lipinski definition) is 5. The molecule has 7 heteroatoms. The minimum absolute atomic E-state index is 0.160. The van der Waals surface area contributed by atoms with Gasteiger partial charge in [0.05, 0.1) is 0 Å². The Morgan fingerprint density at radius 1 is 1.32 bits per heavy atom. The number of amides is 1. The van der Waals surface area contributed by atoms with Crippen LogP contribution in [0.25, 0.3) is 4.96 Å². The second-order valence-corrected chi connectivity index (χ2v) is 7.89. The van der Waals surface area contributed by atoms with Gasteiger partial charge >= 0.3 is 0 Å². The Labute approximate surface area is 150 Å². The Kier molecular flexibility index (Phi) is 4.03. The third-order valence-corrected chi connectivity index (χ3v) is 5.56. The van der Waals surface area contributed by atoms with Crippen LogP contribution in [0.4, 0.5) is 5.69 Å². The summed E-state index contributed by atoms with van der Waals surface area (Å²) in [6.07, 6.45) is 2.02. The van der Waals surface area contributed by atoms with E-state index in [1.165, 1.54) is 16.9 Å². The molecule has 1 amide bonds. The van der Waals surface area contributed by atoms with Crippen LogP contribution in [-0.2, 0) is 17.6 Å². The molecule has 0 saturated heterocycles. The number of nitrogens with zero attached hydrogens (tertiary/aromatic N) is 5. The molecule has 130 valence electrons. The van der Waals surface area contributed by atoms with Crippen molar-refractivity contribution in [2.24, 2.45) is 0 Å². The molecule has 0 N–H and O–H groups in total.